The van der Waals surface area contributed by atoms with Crippen LogP contribution in [-0.2, 0) is 33.3 Å². The Bertz CT molecular complexity index is 1100. The van der Waals surface area contributed by atoms with Gasteiger partial charge in [0.1, 0.15) is 24.9 Å². The molecule has 0 aromatic carbocycles. The third-order valence-corrected chi connectivity index (χ3v) is 11.3. The maximum Gasteiger partial charge on any atom is 0.335 e. The maximum atomic E-state index is 12.8. The first-order chi connectivity index (χ1) is 29.2. The Kier molecular flexibility index (Phi) is 36.7. The Morgan fingerprint density at radius 2 is 0.950 bits per heavy atom. The lowest BCUT2D eigenvalue weighted by Crippen LogP contribution is -2.60. The number of ether oxygens (including phenoxy) is 4. The van der Waals surface area contributed by atoms with E-state index < -0.39 is 61.3 Å². The largest absolute Gasteiger partial charge is 0.479 e. The normalized spacial score (nSPS) is 19.9. The summed E-state index contributed by atoms with van der Waals surface area (Å²) in [5, 5.41) is 39.9. The van der Waals surface area contributed by atoms with E-state index in [1.54, 1.807) is 0 Å². The third kappa shape index (κ3) is 30.7. The van der Waals surface area contributed by atoms with Crippen molar-refractivity contribution in [2.45, 2.75) is 256 Å². The second-order valence-corrected chi connectivity index (χ2v) is 17.0. The first-order valence-electron chi connectivity index (χ1n) is 24.4. The highest BCUT2D eigenvalue weighted by atomic mass is 16.7. The number of aliphatic hydroxyl groups is 3. The average molecular weight is 853 g/mol. The van der Waals surface area contributed by atoms with Gasteiger partial charge in [-0.05, 0) is 38.5 Å². The molecule has 6 atom stereocenters. The zero-order chi connectivity index (χ0) is 43.9. The summed E-state index contributed by atoms with van der Waals surface area (Å²) in [6.07, 6.45) is 35.1. The van der Waals surface area contributed by atoms with Gasteiger partial charge in [-0.2, -0.15) is 0 Å². The highest BCUT2D eigenvalue weighted by Crippen LogP contribution is 2.23. The first kappa shape index (κ1) is 55.7. The van der Waals surface area contributed by atoms with Crippen LogP contribution in [0.1, 0.15) is 219 Å². The first-order valence-corrected chi connectivity index (χ1v) is 24.4. The second kappa shape index (κ2) is 39.5. The van der Waals surface area contributed by atoms with E-state index in [1.807, 2.05) is 0 Å². The van der Waals surface area contributed by atoms with Gasteiger partial charge in [0.15, 0.2) is 18.5 Å². The number of unbranched alkanes of at least 4 members (excludes halogenated alkanes) is 26. The number of hydrogen-bond donors (Lipinski definition) is 4. The summed E-state index contributed by atoms with van der Waals surface area (Å²) in [4.78, 5) is 36.9. The summed E-state index contributed by atoms with van der Waals surface area (Å²) in [6, 6.07) is 0. The molecule has 1 rings (SSSR count). The Morgan fingerprint density at radius 3 is 1.43 bits per heavy atom. The van der Waals surface area contributed by atoms with E-state index in [2.05, 4.69) is 38.2 Å². The molecule has 0 saturated carbocycles. The SMILES string of the molecule is CCCC/C=C\C/C=C\CCCCCCCC(=O)OCC(COC1OC(C(=O)O)C(O)C(O)C1O)OC(=O)CCCCCCCCCCCCCCCCCCCCCC. The average Bonchev–Trinajstić information content (AvgIpc) is 3.23. The number of carboxylic acid groups (broad SMARTS) is 1. The van der Waals surface area contributed by atoms with E-state index in [4.69, 9.17) is 18.9 Å². The smallest absolute Gasteiger partial charge is 0.335 e. The summed E-state index contributed by atoms with van der Waals surface area (Å²) in [5.41, 5.74) is 0. The number of rotatable bonds is 41. The molecule has 11 heteroatoms. The number of allylic oxidation sites excluding steroid dienone is 4. The second-order valence-electron chi connectivity index (χ2n) is 17.0. The summed E-state index contributed by atoms with van der Waals surface area (Å²) in [5.74, 6) is -2.45. The minimum Gasteiger partial charge on any atom is -0.479 e. The minimum absolute atomic E-state index is 0.184. The van der Waals surface area contributed by atoms with Crippen molar-refractivity contribution >= 4 is 17.9 Å². The van der Waals surface area contributed by atoms with E-state index in [9.17, 15) is 34.8 Å². The van der Waals surface area contributed by atoms with Gasteiger partial charge in [-0.25, -0.2) is 4.79 Å². The molecule has 0 amide bonds. The van der Waals surface area contributed by atoms with Gasteiger partial charge in [-0.15, -0.1) is 0 Å². The van der Waals surface area contributed by atoms with Crippen LogP contribution in [0.15, 0.2) is 24.3 Å². The molecule has 0 bridgehead atoms. The van der Waals surface area contributed by atoms with Crippen LogP contribution in [0.3, 0.4) is 0 Å². The summed E-state index contributed by atoms with van der Waals surface area (Å²) in [7, 11) is 0. The molecular weight excluding hydrogens is 765 g/mol. The van der Waals surface area contributed by atoms with E-state index in [0.717, 1.165) is 64.2 Å². The van der Waals surface area contributed by atoms with Gasteiger partial charge >= 0.3 is 17.9 Å². The summed E-state index contributed by atoms with van der Waals surface area (Å²) < 4.78 is 21.8. The number of carbonyl (C=O) groups is 3. The monoisotopic (exact) mass is 853 g/mol. The predicted octanol–water partition coefficient (Wildman–Crippen LogP) is 11.0. The van der Waals surface area contributed by atoms with Crippen molar-refractivity contribution in [3.05, 3.63) is 24.3 Å². The molecule has 0 spiro atoms. The fourth-order valence-electron chi connectivity index (χ4n) is 7.43. The molecule has 4 N–H and O–H groups in total. The standard InChI is InChI=1S/C49H88O11/c1-3-5-7-9-11-13-15-17-19-20-21-22-23-24-26-28-30-32-34-36-38-43(51)59-41(40-58-49-46(54)44(52)45(53)47(60-49)48(55)56)39-57-42(50)37-35-33-31-29-27-25-18-16-14-12-10-8-6-4-2/h10,12,16,18,41,44-47,49,52-54H,3-9,11,13-15,17,19-40H2,1-2H3,(H,55,56)/b12-10-,18-16-. The van der Waals surface area contributed by atoms with Crippen LogP contribution in [0.25, 0.3) is 0 Å². The Balaban J connectivity index is 2.31. The Hall–Kier alpha value is -2.31. The molecule has 0 aromatic rings. The van der Waals surface area contributed by atoms with Crippen LogP contribution in [0, 0.1) is 0 Å². The fraction of sp³-hybridized carbons (Fsp3) is 0.857. The number of aliphatic hydroxyl groups excluding tert-OH is 3. The van der Waals surface area contributed by atoms with Crippen LogP contribution in [-0.4, -0.2) is 88.4 Å². The molecule has 1 saturated heterocycles. The maximum absolute atomic E-state index is 12.8. The van der Waals surface area contributed by atoms with Crippen LogP contribution >= 0.6 is 0 Å². The van der Waals surface area contributed by atoms with Gasteiger partial charge in [-0.3, -0.25) is 9.59 Å². The van der Waals surface area contributed by atoms with E-state index in [0.29, 0.717) is 12.8 Å². The molecule has 6 unspecified atom stereocenters. The van der Waals surface area contributed by atoms with Crippen LogP contribution < -0.4 is 0 Å². The van der Waals surface area contributed by atoms with Crippen LogP contribution in [0.5, 0.6) is 0 Å². The molecule has 350 valence electrons. The van der Waals surface area contributed by atoms with Crippen molar-refractivity contribution in [2.75, 3.05) is 13.2 Å². The van der Waals surface area contributed by atoms with Crippen molar-refractivity contribution in [3.63, 3.8) is 0 Å². The lowest BCUT2D eigenvalue weighted by Gasteiger charge is -2.38. The summed E-state index contributed by atoms with van der Waals surface area (Å²) in [6.45, 7) is 3.79. The highest BCUT2D eigenvalue weighted by molar-refractivity contribution is 5.73. The molecule has 0 aromatic heterocycles. The van der Waals surface area contributed by atoms with Crippen molar-refractivity contribution in [1.29, 1.82) is 0 Å². The molecular formula is C49H88O11. The predicted molar refractivity (Wildman–Crippen MR) is 238 cm³/mol. The third-order valence-electron chi connectivity index (χ3n) is 11.3. The van der Waals surface area contributed by atoms with Crippen LogP contribution in [0.4, 0.5) is 0 Å². The zero-order valence-electron chi connectivity index (χ0n) is 38.0. The van der Waals surface area contributed by atoms with Gasteiger partial charge in [-0.1, -0.05) is 192 Å². The molecule has 1 fully saturated rings. The number of carboxylic acids is 1. The fourth-order valence-corrected chi connectivity index (χ4v) is 7.43. The van der Waals surface area contributed by atoms with Crippen molar-refractivity contribution in [2.24, 2.45) is 0 Å². The molecule has 1 heterocycles. The lowest BCUT2D eigenvalue weighted by molar-refractivity contribution is -0.298. The topological polar surface area (TPSA) is 169 Å². The highest BCUT2D eigenvalue weighted by Gasteiger charge is 2.47. The van der Waals surface area contributed by atoms with Crippen molar-refractivity contribution < 1.29 is 53.8 Å². The van der Waals surface area contributed by atoms with Crippen molar-refractivity contribution in [1.82, 2.24) is 0 Å². The van der Waals surface area contributed by atoms with E-state index in [1.165, 1.54) is 116 Å². The number of hydrogen-bond acceptors (Lipinski definition) is 10. The molecule has 1 aliphatic heterocycles. The van der Waals surface area contributed by atoms with Gasteiger partial charge in [0.05, 0.1) is 6.61 Å². The summed E-state index contributed by atoms with van der Waals surface area (Å²) >= 11 is 0. The number of carbonyl (C=O) groups excluding carboxylic acids is 2. The van der Waals surface area contributed by atoms with Gasteiger partial charge < -0.3 is 39.4 Å². The Morgan fingerprint density at radius 1 is 0.517 bits per heavy atom. The Labute approximate surface area is 364 Å². The minimum atomic E-state index is -1.86. The number of esters is 2. The van der Waals surface area contributed by atoms with E-state index in [-0.39, 0.29) is 19.4 Å². The van der Waals surface area contributed by atoms with E-state index >= 15 is 0 Å². The molecule has 60 heavy (non-hydrogen) atoms. The molecule has 0 radical (unpaired) electrons. The van der Waals surface area contributed by atoms with Crippen molar-refractivity contribution in [3.8, 4) is 0 Å². The molecule has 0 aliphatic carbocycles. The quantitative estimate of drug-likeness (QED) is 0.0262. The zero-order valence-corrected chi connectivity index (χ0v) is 38.0. The van der Waals surface area contributed by atoms with Crippen LogP contribution in [0.2, 0.25) is 0 Å². The molecule has 11 nitrogen and oxygen atoms in total. The van der Waals surface area contributed by atoms with Gasteiger partial charge in [0.25, 0.3) is 0 Å². The number of aliphatic carboxylic acids is 1. The van der Waals surface area contributed by atoms with Gasteiger partial charge in [0, 0.05) is 12.8 Å². The molecule has 1 aliphatic rings. The van der Waals surface area contributed by atoms with Gasteiger partial charge in [0.2, 0.25) is 0 Å². The lowest BCUT2D eigenvalue weighted by atomic mass is 9.99.